The fourth-order valence-corrected chi connectivity index (χ4v) is 2.75. The third-order valence-corrected chi connectivity index (χ3v) is 3.89. The average Bonchev–Trinajstić information content (AvgIpc) is 2.94. The van der Waals surface area contributed by atoms with Crippen molar-refractivity contribution in [3.05, 3.63) is 42.0 Å². The minimum absolute atomic E-state index is 0.270. The van der Waals surface area contributed by atoms with Crippen LogP contribution in [0.2, 0.25) is 0 Å². The molecule has 112 valence electrons. The number of hydrogen-bond acceptors (Lipinski definition) is 5. The normalized spacial score (nSPS) is 17.6. The van der Waals surface area contributed by atoms with E-state index in [2.05, 4.69) is 10.1 Å². The molecule has 1 saturated carbocycles. The van der Waals surface area contributed by atoms with Crippen LogP contribution in [0.3, 0.4) is 0 Å². The topological polar surface area (TPSA) is 68.4 Å². The summed E-state index contributed by atoms with van der Waals surface area (Å²) < 4.78 is 10.8. The van der Waals surface area contributed by atoms with E-state index in [1.54, 1.807) is 0 Å². The molecule has 5 nitrogen and oxygen atoms in total. The van der Waals surface area contributed by atoms with Crippen LogP contribution in [0.1, 0.15) is 43.8 Å². The molecule has 0 unspecified atom stereocenters. The second-order valence-corrected chi connectivity index (χ2v) is 5.67. The number of rotatable bonds is 5. The van der Waals surface area contributed by atoms with Gasteiger partial charge in [-0.2, -0.15) is 4.98 Å². The number of ether oxygens (including phenoxy) is 1. The van der Waals surface area contributed by atoms with Gasteiger partial charge in [-0.3, -0.25) is 0 Å². The van der Waals surface area contributed by atoms with Crippen molar-refractivity contribution < 1.29 is 14.4 Å². The van der Waals surface area contributed by atoms with Crippen molar-refractivity contribution in [1.82, 2.24) is 10.1 Å². The fraction of sp³-hybridized carbons (Fsp3) is 0.500. The Morgan fingerprint density at radius 3 is 2.67 bits per heavy atom. The molecule has 0 radical (unpaired) electrons. The van der Waals surface area contributed by atoms with E-state index in [1.165, 1.54) is 6.42 Å². The molecule has 2 aromatic rings. The molecule has 1 aromatic heterocycles. The highest BCUT2D eigenvalue weighted by Gasteiger charge is 2.31. The molecular formula is C16H20N2O3. The van der Waals surface area contributed by atoms with E-state index in [-0.39, 0.29) is 6.61 Å². The molecule has 3 rings (SSSR count). The summed E-state index contributed by atoms with van der Waals surface area (Å²) in [5, 5.41) is 14.4. The predicted octanol–water partition coefficient (Wildman–Crippen LogP) is 2.89. The van der Waals surface area contributed by atoms with Crippen molar-refractivity contribution in [2.24, 2.45) is 0 Å². The Labute approximate surface area is 123 Å². The third kappa shape index (κ3) is 3.82. The Kier molecular flexibility index (Phi) is 4.20. The Morgan fingerprint density at radius 2 is 1.90 bits per heavy atom. The first-order valence-corrected chi connectivity index (χ1v) is 7.45. The maximum absolute atomic E-state index is 10.5. The van der Waals surface area contributed by atoms with Crippen molar-refractivity contribution in [3.63, 3.8) is 0 Å². The summed E-state index contributed by atoms with van der Waals surface area (Å²) >= 11 is 0. The van der Waals surface area contributed by atoms with Crippen LogP contribution >= 0.6 is 0 Å². The van der Waals surface area contributed by atoms with Crippen molar-refractivity contribution >= 4 is 0 Å². The molecule has 1 aliphatic carbocycles. The maximum Gasteiger partial charge on any atom is 0.229 e. The number of benzene rings is 1. The predicted molar refractivity (Wildman–Crippen MR) is 76.8 cm³/mol. The van der Waals surface area contributed by atoms with Crippen molar-refractivity contribution in [3.8, 4) is 5.75 Å². The summed E-state index contributed by atoms with van der Waals surface area (Å²) in [6, 6.07) is 9.52. The van der Waals surface area contributed by atoms with Crippen molar-refractivity contribution in [2.75, 3.05) is 0 Å². The van der Waals surface area contributed by atoms with Gasteiger partial charge in [0.05, 0.1) is 12.0 Å². The molecule has 1 aromatic carbocycles. The van der Waals surface area contributed by atoms with E-state index in [9.17, 15) is 5.11 Å². The number of hydrogen-bond donors (Lipinski definition) is 1. The van der Waals surface area contributed by atoms with Crippen LogP contribution < -0.4 is 4.74 Å². The third-order valence-electron chi connectivity index (χ3n) is 3.89. The number of aliphatic hydroxyl groups is 1. The van der Waals surface area contributed by atoms with Gasteiger partial charge in [-0.25, -0.2) is 0 Å². The highest BCUT2D eigenvalue weighted by Crippen LogP contribution is 2.30. The SMILES string of the molecule is OC1(Cc2nc(COc3ccccc3)no2)CCCCC1. The van der Waals surface area contributed by atoms with Crippen LogP contribution in [-0.4, -0.2) is 20.8 Å². The number of nitrogens with zero attached hydrogens (tertiary/aromatic N) is 2. The van der Waals surface area contributed by atoms with Crippen LogP contribution in [0.15, 0.2) is 34.9 Å². The van der Waals surface area contributed by atoms with E-state index >= 15 is 0 Å². The van der Waals surface area contributed by atoms with Gasteiger partial charge in [0.15, 0.2) is 6.61 Å². The molecular weight excluding hydrogens is 268 g/mol. The van der Waals surface area contributed by atoms with Crippen LogP contribution in [0, 0.1) is 0 Å². The molecule has 0 saturated heterocycles. The highest BCUT2D eigenvalue weighted by atomic mass is 16.5. The Morgan fingerprint density at radius 1 is 1.14 bits per heavy atom. The van der Waals surface area contributed by atoms with E-state index in [0.29, 0.717) is 18.1 Å². The van der Waals surface area contributed by atoms with Gasteiger partial charge in [0.2, 0.25) is 11.7 Å². The maximum atomic E-state index is 10.5. The molecule has 5 heteroatoms. The lowest BCUT2D eigenvalue weighted by molar-refractivity contribution is -0.00181. The Bertz CT molecular complexity index is 562. The quantitative estimate of drug-likeness (QED) is 0.916. The van der Waals surface area contributed by atoms with Crippen LogP contribution in [0.25, 0.3) is 0 Å². The first-order chi connectivity index (χ1) is 10.2. The minimum atomic E-state index is -0.678. The van der Waals surface area contributed by atoms with Gasteiger partial charge in [-0.15, -0.1) is 0 Å². The van der Waals surface area contributed by atoms with Gasteiger partial charge in [0.1, 0.15) is 5.75 Å². The summed E-state index contributed by atoms with van der Waals surface area (Å²) in [4.78, 5) is 4.30. The second-order valence-electron chi connectivity index (χ2n) is 5.67. The van der Waals surface area contributed by atoms with Crippen LogP contribution in [-0.2, 0) is 13.0 Å². The van der Waals surface area contributed by atoms with E-state index in [0.717, 1.165) is 31.4 Å². The number of aromatic nitrogens is 2. The van der Waals surface area contributed by atoms with Crippen molar-refractivity contribution in [1.29, 1.82) is 0 Å². The molecule has 1 N–H and O–H groups in total. The molecule has 21 heavy (non-hydrogen) atoms. The zero-order valence-corrected chi connectivity index (χ0v) is 12.0. The summed E-state index contributed by atoms with van der Waals surface area (Å²) in [5.74, 6) is 1.77. The monoisotopic (exact) mass is 288 g/mol. The van der Waals surface area contributed by atoms with Crippen LogP contribution in [0.4, 0.5) is 0 Å². The zero-order valence-electron chi connectivity index (χ0n) is 12.0. The molecule has 0 aliphatic heterocycles. The lowest BCUT2D eigenvalue weighted by Gasteiger charge is -2.30. The fourth-order valence-electron chi connectivity index (χ4n) is 2.75. The zero-order chi connectivity index (χ0) is 14.5. The summed E-state index contributed by atoms with van der Waals surface area (Å²) in [7, 11) is 0. The molecule has 0 atom stereocenters. The highest BCUT2D eigenvalue weighted by molar-refractivity contribution is 5.20. The molecule has 1 heterocycles. The van der Waals surface area contributed by atoms with Gasteiger partial charge < -0.3 is 14.4 Å². The van der Waals surface area contributed by atoms with Gasteiger partial charge in [0.25, 0.3) is 0 Å². The molecule has 0 spiro atoms. The second kappa shape index (κ2) is 6.26. The largest absolute Gasteiger partial charge is 0.485 e. The Balaban J connectivity index is 1.56. The van der Waals surface area contributed by atoms with Gasteiger partial charge in [-0.05, 0) is 25.0 Å². The lowest BCUT2D eigenvalue weighted by Crippen LogP contribution is -2.33. The molecule has 1 fully saturated rings. The first-order valence-electron chi connectivity index (χ1n) is 7.45. The standard InChI is InChI=1S/C16H20N2O3/c19-16(9-5-2-6-10-16)11-15-17-14(18-21-15)12-20-13-7-3-1-4-8-13/h1,3-4,7-8,19H,2,5-6,9-12H2. The minimum Gasteiger partial charge on any atom is -0.485 e. The summed E-state index contributed by atoms with van der Waals surface area (Å²) in [6.45, 7) is 0.270. The molecule has 1 aliphatic rings. The molecule has 0 amide bonds. The summed E-state index contributed by atoms with van der Waals surface area (Å²) in [5.41, 5.74) is -0.678. The van der Waals surface area contributed by atoms with E-state index in [4.69, 9.17) is 9.26 Å². The van der Waals surface area contributed by atoms with Crippen LogP contribution in [0.5, 0.6) is 5.75 Å². The Hall–Kier alpha value is -1.88. The van der Waals surface area contributed by atoms with E-state index in [1.807, 2.05) is 30.3 Å². The van der Waals surface area contributed by atoms with E-state index < -0.39 is 5.60 Å². The molecule has 0 bridgehead atoms. The first kappa shape index (κ1) is 14.1. The average molecular weight is 288 g/mol. The lowest BCUT2D eigenvalue weighted by atomic mass is 9.82. The van der Waals surface area contributed by atoms with Gasteiger partial charge in [0, 0.05) is 0 Å². The number of para-hydroxylation sites is 1. The van der Waals surface area contributed by atoms with Crippen molar-refractivity contribution in [2.45, 2.75) is 50.7 Å². The summed E-state index contributed by atoms with van der Waals surface area (Å²) in [6.07, 6.45) is 5.38. The van der Waals surface area contributed by atoms with Gasteiger partial charge in [-0.1, -0.05) is 42.6 Å². The smallest absolute Gasteiger partial charge is 0.229 e. The van der Waals surface area contributed by atoms with Gasteiger partial charge >= 0.3 is 0 Å².